The van der Waals surface area contributed by atoms with Crippen LogP contribution in [0.3, 0.4) is 0 Å². The summed E-state index contributed by atoms with van der Waals surface area (Å²) in [4.78, 5) is 19.5. The van der Waals surface area contributed by atoms with Crippen LogP contribution in [0.15, 0.2) is 47.1 Å². The van der Waals surface area contributed by atoms with Crippen LogP contribution in [0.1, 0.15) is 0 Å². The van der Waals surface area contributed by atoms with Crippen molar-refractivity contribution in [3.63, 3.8) is 0 Å². The molecule has 1 aromatic heterocycles. The summed E-state index contributed by atoms with van der Waals surface area (Å²) >= 11 is 3.23. The number of nitrogens with zero attached hydrogens (tertiary/aromatic N) is 2. The van der Waals surface area contributed by atoms with Gasteiger partial charge in [-0.25, -0.2) is 9.37 Å². The predicted molar refractivity (Wildman–Crippen MR) is 91.4 cm³/mol. The minimum absolute atomic E-state index is 0.0539. The average molecular weight is 395 g/mol. The first-order valence-electron chi connectivity index (χ1n) is 7.71. The highest BCUT2D eigenvalue weighted by Crippen LogP contribution is 2.25. The normalized spacial score (nSPS) is 14.6. The summed E-state index contributed by atoms with van der Waals surface area (Å²) < 4.78 is 19.0. The summed E-state index contributed by atoms with van der Waals surface area (Å²) in [6.45, 7) is 2.78. The second-order valence-electron chi connectivity index (χ2n) is 5.48. The predicted octanol–water partition coefficient (Wildman–Crippen LogP) is 2.13. The molecule has 0 spiro atoms. The summed E-state index contributed by atoms with van der Waals surface area (Å²) in [5.41, 5.74) is 0. The summed E-state index contributed by atoms with van der Waals surface area (Å²) in [6, 6.07) is 10.1. The van der Waals surface area contributed by atoms with Crippen LogP contribution in [0.25, 0.3) is 0 Å². The minimum atomic E-state index is -0.352. The van der Waals surface area contributed by atoms with E-state index in [9.17, 15) is 9.18 Å². The summed E-state index contributed by atoms with van der Waals surface area (Å²) in [5.74, 6) is 1.09. The van der Waals surface area contributed by atoms with Crippen molar-refractivity contribution >= 4 is 27.7 Å². The third kappa shape index (κ3) is 4.03. The molecule has 1 fully saturated rings. The Bertz CT molecular complexity index is 706. The van der Waals surface area contributed by atoms with Crippen LogP contribution in [0.4, 0.5) is 10.2 Å². The Labute approximate surface area is 148 Å². The molecule has 7 heteroatoms. The molecule has 1 amide bonds. The molecular formula is C17H18BrFN3O2+. The van der Waals surface area contributed by atoms with E-state index < -0.39 is 0 Å². The highest BCUT2D eigenvalue weighted by atomic mass is 79.9. The topological polar surface area (TPSA) is 46.9 Å². The lowest BCUT2D eigenvalue weighted by Gasteiger charge is -2.30. The van der Waals surface area contributed by atoms with Crippen LogP contribution in [0, 0.1) is 5.82 Å². The lowest BCUT2D eigenvalue weighted by molar-refractivity contribution is -0.364. The molecule has 0 atom stereocenters. The van der Waals surface area contributed by atoms with Crippen LogP contribution in [-0.2, 0) is 4.79 Å². The molecule has 3 rings (SSSR count). The Balaban J connectivity index is 1.50. The number of ether oxygens (including phenoxy) is 1. The van der Waals surface area contributed by atoms with Crippen molar-refractivity contribution in [1.29, 1.82) is 0 Å². The van der Waals surface area contributed by atoms with Gasteiger partial charge in [0.1, 0.15) is 24.7 Å². The SMILES string of the molecule is O=C(COc1ccc(F)cc1Br)N1CCN(c2cccc[nH+]2)CC1. The maximum absolute atomic E-state index is 13.0. The van der Waals surface area contributed by atoms with E-state index in [0.29, 0.717) is 23.3 Å². The number of hydrogen-bond acceptors (Lipinski definition) is 3. The van der Waals surface area contributed by atoms with Crippen molar-refractivity contribution in [2.75, 3.05) is 37.7 Å². The van der Waals surface area contributed by atoms with E-state index in [4.69, 9.17) is 4.74 Å². The van der Waals surface area contributed by atoms with E-state index in [0.717, 1.165) is 18.9 Å². The molecule has 2 aromatic rings. The standard InChI is InChI=1S/C17H17BrFN3O2/c18-14-11-13(19)4-5-15(14)24-12-17(23)22-9-7-21(8-10-22)16-3-1-2-6-20-16/h1-6,11H,7-10,12H2/p+1. The number of anilines is 1. The number of aromatic amines is 1. The first-order valence-corrected chi connectivity index (χ1v) is 8.50. The number of benzene rings is 1. The Morgan fingerprint density at radius 1 is 1.21 bits per heavy atom. The van der Waals surface area contributed by atoms with Gasteiger partial charge in [0.05, 0.1) is 23.8 Å². The van der Waals surface area contributed by atoms with Gasteiger partial charge < -0.3 is 9.64 Å². The number of hydrogen-bond donors (Lipinski definition) is 0. The van der Waals surface area contributed by atoms with Crippen molar-refractivity contribution in [1.82, 2.24) is 4.90 Å². The fourth-order valence-corrected chi connectivity index (χ4v) is 3.07. The highest BCUT2D eigenvalue weighted by Gasteiger charge is 2.26. The minimum Gasteiger partial charge on any atom is -0.483 e. The largest absolute Gasteiger partial charge is 0.483 e. The zero-order chi connectivity index (χ0) is 16.9. The van der Waals surface area contributed by atoms with Crippen LogP contribution < -0.4 is 14.6 Å². The molecule has 5 nitrogen and oxygen atoms in total. The van der Waals surface area contributed by atoms with Gasteiger partial charge in [0.2, 0.25) is 0 Å². The van der Waals surface area contributed by atoms with Gasteiger partial charge in [-0.3, -0.25) is 9.69 Å². The molecule has 0 unspecified atom stereocenters. The van der Waals surface area contributed by atoms with Gasteiger partial charge in [-0.15, -0.1) is 0 Å². The molecule has 126 valence electrons. The number of carbonyl (C=O) groups excluding carboxylic acids is 1. The molecule has 0 aliphatic carbocycles. The Kier molecular flexibility index (Phi) is 5.30. The second kappa shape index (κ2) is 7.61. The van der Waals surface area contributed by atoms with Crippen molar-refractivity contribution in [2.24, 2.45) is 0 Å². The molecule has 1 saturated heterocycles. The van der Waals surface area contributed by atoms with Crippen LogP contribution in [-0.4, -0.2) is 43.6 Å². The monoisotopic (exact) mass is 394 g/mol. The fourth-order valence-electron chi connectivity index (χ4n) is 2.60. The molecule has 0 saturated carbocycles. The quantitative estimate of drug-likeness (QED) is 0.797. The maximum Gasteiger partial charge on any atom is 0.274 e. The zero-order valence-electron chi connectivity index (χ0n) is 13.0. The van der Waals surface area contributed by atoms with E-state index in [1.807, 2.05) is 24.4 Å². The number of rotatable bonds is 4. The number of piperazine rings is 1. The molecule has 1 N–H and O–H groups in total. The van der Waals surface area contributed by atoms with Gasteiger partial charge in [0.15, 0.2) is 6.61 Å². The van der Waals surface area contributed by atoms with E-state index in [2.05, 4.69) is 25.8 Å². The lowest BCUT2D eigenvalue weighted by Crippen LogP contribution is -2.51. The number of halogens is 2. The number of nitrogens with one attached hydrogen (secondary N) is 1. The number of H-pyrrole nitrogens is 1. The molecule has 0 bridgehead atoms. The zero-order valence-corrected chi connectivity index (χ0v) is 14.6. The van der Waals surface area contributed by atoms with E-state index in [-0.39, 0.29) is 18.3 Å². The van der Waals surface area contributed by atoms with Gasteiger partial charge in [-0.2, -0.15) is 0 Å². The third-order valence-electron chi connectivity index (χ3n) is 3.91. The number of carbonyl (C=O) groups is 1. The molecule has 1 aliphatic heterocycles. The number of aromatic nitrogens is 1. The molecule has 1 aliphatic rings. The van der Waals surface area contributed by atoms with Gasteiger partial charge >= 0.3 is 0 Å². The van der Waals surface area contributed by atoms with Crippen molar-refractivity contribution in [3.8, 4) is 5.75 Å². The first-order chi connectivity index (χ1) is 11.6. The third-order valence-corrected chi connectivity index (χ3v) is 4.53. The lowest BCUT2D eigenvalue weighted by atomic mass is 10.3. The highest BCUT2D eigenvalue weighted by molar-refractivity contribution is 9.10. The summed E-state index contributed by atoms with van der Waals surface area (Å²) in [7, 11) is 0. The Morgan fingerprint density at radius 3 is 2.67 bits per heavy atom. The number of amides is 1. The maximum atomic E-state index is 13.0. The smallest absolute Gasteiger partial charge is 0.274 e. The van der Waals surface area contributed by atoms with Gasteiger partial charge in [0.25, 0.3) is 11.7 Å². The Morgan fingerprint density at radius 2 is 2.00 bits per heavy atom. The second-order valence-corrected chi connectivity index (χ2v) is 6.33. The average Bonchev–Trinajstić information content (AvgIpc) is 2.62. The summed E-state index contributed by atoms with van der Waals surface area (Å²) in [5, 5.41) is 0. The number of pyridine rings is 1. The molecule has 1 aromatic carbocycles. The van der Waals surface area contributed by atoms with E-state index in [1.165, 1.54) is 18.2 Å². The van der Waals surface area contributed by atoms with Gasteiger partial charge in [0, 0.05) is 6.07 Å². The fraction of sp³-hybridized carbons (Fsp3) is 0.294. The summed E-state index contributed by atoms with van der Waals surface area (Å²) in [6.07, 6.45) is 1.89. The van der Waals surface area contributed by atoms with Crippen molar-refractivity contribution in [3.05, 3.63) is 52.9 Å². The molecule has 0 radical (unpaired) electrons. The molecular weight excluding hydrogens is 377 g/mol. The van der Waals surface area contributed by atoms with Crippen LogP contribution in [0.2, 0.25) is 0 Å². The van der Waals surface area contributed by atoms with Crippen LogP contribution >= 0.6 is 15.9 Å². The van der Waals surface area contributed by atoms with Crippen LogP contribution in [0.5, 0.6) is 5.75 Å². The first kappa shape index (κ1) is 16.7. The van der Waals surface area contributed by atoms with Gasteiger partial charge in [-0.05, 0) is 40.2 Å². The Hall–Kier alpha value is -2.15. The van der Waals surface area contributed by atoms with E-state index in [1.54, 1.807) is 4.90 Å². The molecule has 2 heterocycles. The van der Waals surface area contributed by atoms with E-state index >= 15 is 0 Å². The van der Waals surface area contributed by atoms with Crippen molar-refractivity contribution in [2.45, 2.75) is 0 Å². The van der Waals surface area contributed by atoms with Crippen molar-refractivity contribution < 1.29 is 18.9 Å². The van der Waals surface area contributed by atoms with Gasteiger partial charge in [-0.1, -0.05) is 6.07 Å². The molecule has 24 heavy (non-hydrogen) atoms.